The second kappa shape index (κ2) is 7.76. The first-order valence-corrected chi connectivity index (χ1v) is 9.78. The molecule has 1 fully saturated rings. The van der Waals surface area contributed by atoms with Crippen LogP contribution in [0.4, 0.5) is 5.69 Å². The monoisotopic (exact) mass is 353 g/mol. The predicted molar refractivity (Wildman–Crippen MR) is 92.4 cm³/mol. The molecular formula is C16H23N3O4S. The molecule has 0 aliphatic carbocycles. The molecule has 1 N–H and O–H groups in total. The van der Waals surface area contributed by atoms with Crippen LogP contribution in [0.1, 0.15) is 6.92 Å². The lowest BCUT2D eigenvalue weighted by Crippen LogP contribution is -2.53. The van der Waals surface area contributed by atoms with Gasteiger partial charge in [-0.3, -0.25) is 14.5 Å². The molecule has 1 aliphatic heterocycles. The van der Waals surface area contributed by atoms with E-state index in [0.29, 0.717) is 26.2 Å². The third kappa shape index (κ3) is 5.04. The molecule has 0 radical (unpaired) electrons. The average Bonchev–Trinajstić information content (AvgIpc) is 2.54. The zero-order chi connectivity index (χ0) is 17.7. The van der Waals surface area contributed by atoms with Gasteiger partial charge in [-0.25, -0.2) is 8.42 Å². The quantitative estimate of drug-likeness (QED) is 0.817. The number of amides is 2. The summed E-state index contributed by atoms with van der Waals surface area (Å²) < 4.78 is 23.0. The summed E-state index contributed by atoms with van der Waals surface area (Å²) in [5, 5.41) is 1.80. The van der Waals surface area contributed by atoms with Crippen molar-refractivity contribution >= 4 is 27.3 Å². The fourth-order valence-electron chi connectivity index (χ4n) is 2.49. The van der Waals surface area contributed by atoms with Gasteiger partial charge in [-0.15, -0.1) is 0 Å². The molecule has 1 aromatic rings. The Morgan fingerprint density at radius 1 is 1.12 bits per heavy atom. The minimum absolute atomic E-state index is 0.106. The van der Waals surface area contributed by atoms with Crippen molar-refractivity contribution in [3.05, 3.63) is 30.3 Å². The fraction of sp³-hybridized carbons (Fsp3) is 0.500. The van der Waals surface area contributed by atoms with Gasteiger partial charge in [0.1, 0.15) is 5.25 Å². The van der Waals surface area contributed by atoms with E-state index in [9.17, 15) is 18.0 Å². The van der Waals surface area contributed by atoms with E-state index in [1.165, 1.54) is 6.92 Å². The molecule has 2 amide bonds. The maximum atomic E-state index is 12.2. The molecule has 1 heterocycles. The van der Waals surface area contributed by atoms with Gasteiger partial charge in [-0.2, -0.15) is 0 Å². The van der Waals surface area contributed by atoms with Gasteiger partial charge < -0.3 is 10.2 Å². The number of hydrogen-bond acceptors (Lipinski definition) is 5. The number of rotatable bonds is 5. The van der Waals surface area contributed by atoms with Crippen molar-refractivity contribution in [3.8, 4) is 0 Å². The number of para-hydroxylation sites is 1. The molecule has 2 rings (SSSR count). The molecule has 132 valence electrons. The SMILES string of the molecule is CC(C(=O)N1CCN(CC(=O)Nc2ccccc2)CC1)S(C)(=O)=O. The number of sulfone groups is 1. The summed E-state index contributed by atoms with van der Waals surface area (Å²) in [4.78, 5) is 27.7. The second-order valence-electron chi connectivity index (χ2n) is 5.99. The highest BCUT2D eigenvalue weighted by atomic mass is 32.2. The molecule has 7 nitrogen and oxygen atoms in total. The average molecular weight is 353 g/mol. The lowest BCUT2D eigenvalue weighted by atomic mass is 10.2. The van der Waals surface area contributed by atoms with Crippen LogP contribution in [0, 0.1) is 0 Å². The van der Waals surface area contributed by atoms with Crippen LogP contribution in [0.2, 0.25) is 0 Å². The first-order chi connectivity index (χ1) is 11.3. The first-order valence-electron chi connectivity index (χ1n) is 7.82. The maximum Gasteiger partial charge on any atom is 0.240 e. The van der Waals surface area contributed by atoms with E-state index < -0.39 is 15.1 Å². The summed E-state index contributed by atoms with van der Waals surface area (Å²) >= 11 is 0. The standard InChI is InChI=1S/C16H23N3O4S/c1-13(24(2,22)23)16(21)19-10-8-18(9-11-19)12-15(20)17-14-6-4-3-5-7-14/h3-7,13H,8-12H2,1-2H3,(H,17,20). The molecule has 0 bridgehead atoms. The van der Waals surface area contributed by atoms with Crippen LogP contribution in [0.15, 0.2) is 30.3 Å². The molecule has 1 saturated heterocycles. The molecule has 1 atom stereocenters. The summed E-state index contributed by atoms with van der Waals surface area (Å²) in [5.41, 5.74) is 0.748. The normalized spacial score (nSPS) is 17.3. The molecular weight excluding hydrogens is 330 g/mol. The Bertz CT molecular complexity index is 683. The number of nitrogens with zero attached hydrogens (tertiary/aromatic N) is 2. The van der Waals surface area contributed by atoms with E-state index in [1.54, 1.807) is 4.90 Å². The number of hydrogen-bond donors (Lipinski definition) is 1. The van der Waals surface area contributed by atoms with Crippen molar-refractivity contribution in [2.75, 3.05) is 44.3 Å². The number of anilines is 1. The van der Waals surface area contributed by atoms with Gasteiger partial charge in [0.25, 0.3) is 0 Å². The Labute approximate surface area is 142 Å². The number of nitrogens with one attached hydrogen (secondary N) is 1. The van der Waals surface area contributed by atoms with Crippen LogP contribution < -0.4 is 5.32 Å². The summed E-state index contributed by atoms with van der Waals surface area (Å²) in [6, 6.07) is 9.22. The van der Waals surface area contributed by atoms with Crippen LogP contribution in [0.25, 0.3) is 0 Å². The fourth-order valence-corrected chi connectivity index (χ4v) is 3.01. The molecule has 1 aliphatic rings. The van der Waals surface area contributed by atoms with Gasteiger partial charge in [0, 0.05) is 38.1 Å². The van der Waals surface area contributed by atoms with E-state index in [2.05, 4.69) is 5.32 Å². The number of carbonyl (C=O) groups excluding carboxylic acids is 2. The van der Waals surface area contributed by atoms with Gasteiger partial charge in [-0.05, 0) is 19.1 Å². The Morgan fingerprint density at radius 3 is 2.25 bits per heavy atom. The highest BCUT2D eigenvalue weighted by molar-refractivity contribution is 7.92. The van der Waals surface area contributed by atoms with Gasteiger partial charge in [0.15, 0.2) is 9.84 Å². The Balaban J connectivity index is 1.80. The van der Waals surface area contributed by atoms with Crippen molar-refractivity contribution in [3.63, 3.8) is 0 Å². The largest absolute Gasteiger partial charge is 0.339 e. The lowest BCUT2D eigenvalue weighted by molar-refractivity contribution is -0.132. The minimum Gasteiger partial charge on any atom is -0.339 e. The topological polar surface area (TPSA) is 86.8 Å². The van der Waals surface area contributed by atoms with E-state index >= 15 is 0 Å². The van der Waals surface area contributed by atoms with Crippen LogP contribution >= 0.6 is 0 Å². The summed E-state index contributed by atoms with van der Waals surface area (Å²) in [7, 11) is -3.39. The van der Waals surface area contributed by atoms with Gasteiger partial charge >= 0.3 is 0 Å². The van der Waals surface area contributed by atoms with Gasteiger partial charge in [-0.1, -0.05) is 18.2 Å². The third-order valence-corrected chi connectivity index (χ3v) is 5.58. The Hall–Kier alpha value is -1.93. The van der Waals surface area contributed by atoms with Crippen LogP contribution in [0.5, 0.6) is 0 Å². The van der Waals surface area contributed by atoms with Crippen LogP contribution in [0.3, 0.4) is 0 Å². The van der Waals surface area contributed by atoms with Crippen molar-refractivity contribution in [2.45, 2.75) is 12.2 Å². The highest BCUT2D eigenvalue weighted by Gasteiger charge is 2.30. The number of carbonyl (C=O) groups is 2. The maximum absolute atomic E-state index is 12.2. The molecule has 0 aromatic heterocycles. The first kappa shape index (κ1) is 18.4. The van der Waals surface area contributed by atoms with Crippen LogP contribution in [-0.2, 0) is 19.4 Å². The Kier molecular flexibility index (Phi) is 5.95. The van der Waals surface area contributed by atoms with Gasteiger partial charge in [0.2, 0.25) is 11.8 Å². The van der Waals surface area contributed by atoms with Crippen molar-refractivity contribution in [1.29, 1.82) is 0 Å². The number of piperazine rings is 1. The van der Waals surface area contributed by atoms with Crippen molar-refractivity contribution in [1.82, 2.24) is 9.80 Å². The summed E-state index contributed by atoms with van der Waals surface area (Å²) in [6.07, 6.45) is 1.07. The van der Waals surface area contributed by atoms with E-state index in [1.807, 2.05) is 35.2 Å². The zero-order valence-electron chi connectivity index (χ0n) is 13.9. The van der Waals surface area contributed by atoms with Gasteiger partial charge in [0.05, 0.1) is 6.54 Å². The molecule has 0 saturated carbocycles. The lowest BCUT2D eigenvalue weighted by Gasteiger charge is -2.35. The molecule has 1 aromatic carbocycles. The van der Waals surface area contributed by atoms with Crippen LogP contribution in [-0.4, -0.2) is 74.3 Å². The minimum atomic E-state index is -3.39. The highest BCUT2D eigenvalue weighted by Crippen LogP contribution is 2.09. The van der Waals surface area contributed by atoms with E-state index in [4.69, 9.17) is 0 Å². The summed E-state index contributed by atoms with van der Waals surface area (Å²) in [6.45, 7) is 3.61. The van der Waals surface area contributed by atoms with E-state index in [0.717, 1.165) is 11.9 Å². The molecule has 1 unspecified atom stereocenters. The molecule has 8 heteroatoms. The molecule has 24 heavy (non-hydrogen) atoms. The smallest absolute Gasteiger partial charge is 0.240 e. The zero-order valence-corrected chi connectivity index (χ0v) is 14.8. The molecule has 0 spiro atoms. The van der Waals surface area contributed by atoms with E-state index in [-0.39, 0.29) is 18.4 Å². The predicted octanol–water partition coefficient (Wildman–Crippen LogP) is 0.202. The van der Waals surface area contributed by atoms with Crippen molar-refractivity contribution in [2.24, 2.45) is 0 Å². The summed E-state index contributed by atoms with van der Waals surface area (Å²) in [5.74, 6) is -0.476. The van der Waals surface area contributed by atoms with Crippen molar-refractivity contribution < 1.29 is 18.0 Å². The Morgan fingerprint density at radius 2 is 1.71 bits per heavy atom. The number of benzene rings is 1. The second-order valence-corrected chi connectivity index (χ2v) is 8.35. The third-order valence-electron chi connectivity index (χ3n) is 4.10.